The molecular formula is C34H59N3O8. The smallest absolute Gasteiger partial charge is 0.407 e. The van der Waals surface area contributed by atoms with Crippen LogP contribution in [-0.4, -0.2) is 81.0 Å². The zero-order chi connectivity index (χ0) is 34.0. The minimum atomic E-state index is -1.02. The van der Waals surface area contributed by atoms with E-state index < -0.39 is 29.8 Å². The van der Waals surface area contributed by atoms with Gasteiger partial charge in [0.25, 0.3) is 5.91 Å². The van der Waals surface area contributed by atoms with Crippen molar-refractivity contribution < 1.29 is 38.4 Å². The van der Waals surface area contributed by atoms with Gasteiger partial charge in [-0.15, -0.1) is 0 Å². The Kier molecular flexibility index (Phi) is 18.7. The highest BCUT2D eigenvalue weighted by atomic mass is 16.7. The topological polar surface area (TPSA) is 144 Å². The van der Waals surface area contributed by atoms with Gasteiger partial charge in [-0.25, -0.2) is 4.79 Å². The van der Waals surface area contributed by atoms with Crippen molar-refractivity contribution in [3.63, 3.8) is 0 Å². The maximum atomic E-state index is 13.3. The molecule has 1 aromatic rings. The van der Waals surface area contributed by atoms with E-state index in [-0.39, 0.29) is 49.4 Å². The van der Waals surface area contributed by atoms with Crippen molar-refractivity contribution in [3.8, 4) is 5.75 Å². The number of carbonyl (C=O) groups is 3. The van der Waals surface area contributed by atoms with Crippen LogP contribution in [0.25, 0.3) is 0 Å². The number of methoxy groups -OCH3 is 1. The summed E-state index contributed by atoms with van der Waals surface area (Å²) in [6, 6.07) is 6.27. The van der Waals surface area contributed by atoms with Gasteiger partial charge in [-0.2, -0.15) is 0 Å². The fraction of sp³-hybridized carbons (Fsp3) is 0.735. The molecule has 0 fully saturated rings. The van der Waals surface area contributed by atoms with Gasteiger partial charge in [0.05, 0.1) is 24.3 Å². The summed E-state index contributed by atoms with van der Waals surface area (Å²) >= 11 is 0. The maximum absolute atomic E-state index is 13.3. The number of benzene rings is 1. The third-order valence-electron chi connectivity index (χ3n) is 7.48. The predicted octanol–water partition coefficient (Wildman–Crippen LogP) is 4.91. The molecule has 11 nitrogen and oxygen atoms in total. The van der Waals surface area contributed by atoms with E-state index in [0.717, 1.165) is 12.8 Å². The van der Waals surface area contributed by atoms with Crippen LogP contribution < -0.4 is 20.7 Å². The third-order valence-corrected chi connectivity index (χ3v) is 7.48. The number of unbranched alkanes of at least 4 members (excludes halogenated alkanes) is 1. The Balaban J connectivity index is 3.07. The van der Waals surface area contributed by atoms with Crippen LogP contribution in [0.5, 0.6) is 5.75 Å². The van der Waals surface area contributed by atoms with Crippen molar-refractivity contribution in [1.82, 2.24) is 16.0 Å². The molecule has 3 amide bonds. The molecule has 0 aliphatic heterocycles. The maximum Gasteiger partial charge on any atom is 0.407 e. The lowest BCUT2D eigenvalue weighted by Gasteiger charge is -2.33. The molecule has 0 aliphatic rings. The minimum absolute atomic E-state index is 0.0162. The first-order chi connectivity index (χ1) is 21.2. The molecule has 45 heavy (non-hydrogen) atoms. The number of rotatable bonds is 21. The van der Waals surface area contributed by atoms with Gasteiger partial charge in [-0.05, 0) is 69.9 Å². The Labute approximate surface area is 270 Å². The van der Waals surface area contributed by atoms with Crippen LogP contribution in [0.3, 0.4) is 0 Å². The molecule has 0 aromatic heterocycles. The highest BCUT2D eigenvalue weighted by Crippen LogP contribution is 2.25. The first-order valence-electron chi connectivity index (χ1n) is 16.2. The Morgan fingerprint density at radius 2 is 1.64 bits per heavy atom. The molecule has 1 rings (SSSR count). The summed E-state index contributed by atoms with van der Waals surface area (Å²) in [6.07, 6.45) is 0.706. The largest absolute Gasteiger partial charge is 0.490 e. The van der Waals surface area contributed by atoms with Gasteiger partial charge >= 0.3 is 6.09 Å². The molecule has 4 unspecified atom stereocenters. The number of aliphatic hydroxyl groups excluding tert-OH is 1. The predicted molar refractivity (Wildman–Crippen MR) is 175 cm³/mol. The summed E-state index contributed by atoms with van der Waals surface area (Å²) in [5, 5.41) is 20.3. The van der Waals surface area contributed by atoms with Crippen molar-refractivity contribution in [2.24, 2.45) is 23.7 Å². The number of aliphatic hydroxyl groups is 1. The molecule has 0 saturated heterocycles. The second kappa shape index (κ2) is 21.0. The highest BCUT2D eigenvalue weighted by Gasteiger charge is 2.33. The molecule has 0 radical (unpaired) electrons. The lowest BCUT2D eigenvalue weighted by molar-refractivity contribution is -0.127. The molecule has 0 bridgehead atoms. The molecule has 0 aliphatic carbocycles. The average Bonchev–Trinajstić information content (AvgIpc) is 2.95. The Bertz CT molecular complexity index is 1010. The van der Waals surface area contributed by atoms with Gasteiger partial charge in [-0.1, -0.05) is 53.2 Å². The lowest BCUT2D eigenvalue weighted by Crippen LogP contribution is -2.49. The second-order valence-corrected chi connectivity index (χ2v) is 13.2. The second-order valence-electron chi connectivity index (χ2n) is 13.2. The summed E-state index contributed by atoms with van der Waals surface area (Å²) in [6.45, 7) is 16.9. The van der Waals surface area contributed by atoms with Gasteiger partial charge in [0, 0.05) is 26.1 Å². The van der Waals surface area contributed by atoms with E-state index in [1.807, 2.05) is 27.7 Å². The van der Waals surface area contributed by atoms with E-state index in [1.54, 1.807) is 45.0 Å². The number of nitrogens with one attached hydrogen (secondary N) is 3. The van der Waals surface area contributed by atoms with E-state index in [0.29, 0.717) is 37.4 Å². The standard InChI is InChI=1S/C34H59N3O8/c1-10-11-16-35-32(40)27(24(4)5)20-29(38)28(37-33(41)45-34(6,7)8)19-25(23(2)3)21-36-31(39)26-14-12-13-15-30(26)44-18-17-43-22-42-9/h12-15,23-25,27-29,38H,10-11,16-22H2,1-9H3,(H,35,40)(H,36,39)(H,37,41). The van der Waals surface area contributed by atoms with Gasteiger partial charge < -0.3 is 40.0 Å². The summed E-state index contributed by atoms with van der Waals surface area (Å²) in [4.78, 5) is 39.1. The summed E-state index contributed by atoms with van der Waals surface area (Å²) in [5.41, 5.74) is -0.334. The number of hydrogen-bond donors (Lipinski definition) is 4. The monoisotopic (exact) mass is 637 g/mol. The molecule has 11 heteroatoms. The minimum Gasteiger partial charge on any atom is -0.490 e. The molecule has 0 saturated carbocycles. The van der Waals surface area contributed by atoms with Crippen LogP contribution in [0.1, 0.15) is 91.4 Å². The molecule has 258 valence electrons. The van der Waals surface area contributed by atoms with E-state index in [4.69, 9.17) is 18.9 Å². The molecule has 4 N–H and O–H groups in total. The number of hydrogen-bond acceptors (Lipinski definition) is 8. The van der Waals surface area contributed by atoms with Crippen molar-refractivity contribution in [2.45, 2.75) is 98.8 Å². The van der Waals surface area contributed by atoms with Crippen LogP contribution >= 0.6 is 0 Å². The zero-order valence-electron chi connectivity index (χ0n) is 28.9. The van der Waals surface area contributed by atoms with E-state index in [1.165, 1.54) is 7.11 Å². The van der Waals surface area contributed by atoms with E-state index in [2.05, 4.69) is 22.9 Å². The molecule has 4 atom stereocenters. The van der Waals surface area contributed by atoms with Crippen molar-refractivity contribution in [2.75, 3.05) is 40.2 Å². The highest BCUT2D eigenvalue weighted by molar-refractivity contribution is 5.96. The lowest BCUT2D eigenvalue weighted by atomic mass is 9.82. The average molecular weight is 638 g/mol. The quantitative estimate of drug-likeness (QED) is 0.110. The number of ether oxygens (including phenoxy) is 4. The van der Waals surface area contributed by atoms with Gasteiger partial charge in [0.2, 0.25) is 5.91 Å². The van der Waals surface area contributed by atoms with Crippen molar-refractivity contribution >= 4 is 17.9 Å². The van der Waals surface area contributed by atoms with Crippen LogP contribution in [0.4, 0.5) is 4.79 Å². The summed E-state index contributed by atoms with van der Waals surface area (Å²) < 4.78 is 21.4. The number of carbonyl (C=O) groups excluding carboxylic acids is 3. The Morgan fingerprint density at radius 3 is 2.24 bits per heavy atom. The Morgan fingerprint density at radius 1 is 0.956 bits per heavy atom. The zero-order valence-corrected chi connectivity index (χ0v) is 28.9. The van der Waals surface area contributed by atoms with Crippen LogP contribution in [-0.2, 0) is 19.0 Å². The summed E-state index contributed by atoms with van der Waals surface area (Å²) in [7, 11) is 1.54. The summed E-state index contributed by atoms with van der Waals surface area (Å²) in [5.74, 6) is -0.430. The van der Waals surface area contributed by atoms with Gasteiger partial charge in [0.1, 0.15) is 24.8 Å². The molecule has 0 heterocycles. The molecule has 0 spiro atoms. The van der Waals surface area contributed by atoms with Crippen molar-refractivity contribution in [3.05, 3.63) is 29.8 Å². The number of alkyl carbamates (subject to hydrolysis) is 1. The first-order valence-corrected chi connectivity index (χ1v) is 16.2. The Hall–Kier alpha value is -2.89. The van der Waals surface area contributed by atoms with Gasteiger partial charge in [-0.3, -0.25) is 9.59 Å². The van der Waals surface area contributed by atoms with Gasteiger partial charge in [0.15, 0.2) is 0 Å². The normalized spacial score (nSPS) is 14.4. The van der Waals surface area contributed by atoms with Crippen molar-refractivity contribution in [1.29, 1.82) is 0 Å². The SMILES string of the molecule is CCCCNC(=O)C(CC(O)C(CC(CNC(=O)c1ccccc1OCCOCOC)C(C)C)NC(=O)OC(C)(C)C)C(C)C. The fourth-order valence-corrected chi connectivity index (χ4v) is 4.77. The van der Waals surface area contributed by atoms with Crippen LogP contribution in [0.15, 0.2) is 24.3 Å². The number of amides is 3. The number of para-hydroxylation sites is 1. The molecule has 1 aromatic carbocycles. The van der Waals surface area contributed by atoms with Crippen LogP contribution in [0.2, 0.25) is 0 Å². The van der Waals surface area contributed by atoms with E-state index in [9.17, 15) is 19.5 Å². The third kappa shape index (κ3) is 16.3. The van der Waals surface area contributed by atoms with E-state index >= 15 is 0 Å². The molecular weight excluding hydrogens is 578 g/mol. The van der Waals surface area contributed by atoms with Crippen LogP contribution in [0, 0.1) is 23.7 Å². The first kappa shape index (κ1) is 40.1. The fourth-order valence-electron chi connectivity index (χ4n) is 4.77.